The summed E-state index contributed by atoms with van der Waals surface area (Å²) in [5.74, 6) is -1.65. The molecule has 1 saturated heterocycles. The average molecular weight is 609 g/mol. The first-order valence-corrected chi connectivity index (χ1v) is 15.8. The van der Waals surface area contributed by atoms with E-state index in [-0.39, 0.29) is 24.2 Å². The molecule has 8 atom stereocenters. The monoisotopic (exact) mass is 608 g/mol. The van der Waals surface area contributed by atoms with Crippen LogP contribution in [0.5, 0.6) is 0 Å². The number of aliphatic hydroxyl groups excluding tert-OH is 3. The zero-order chi connectivity index (χ0) is 31.5. The summed E-state index contributed by atoms with van der Waals surface area (Å²) < 4.78 is 29.6. The molecular formula is C36H46F2N2O4. The Labute approximate surface area is 259 Å². The van der Waals surface area contributed by atoms with Crippen molar-refractivity contribution in [1.82, 2.24) is 10.6 Å². The van der Waals surface area contributed by atoms with Gasteiger partial charge in [0.05, 0.1) is 30.4 Å². The number of likely N-dealkylation sites (N-methyl/N-ethyl adjacent to an activating group) is 1. The zero-order valence-electron chi connectivity index (χ0n) is 25.3. The standard InChI is InChI=1S/C36H46F2N2O4/c1-2-39-36(44)34-29(20-23-32(43)26-16-10-5-11-17-26)27(18-21-30(41)24-12-6-3-7-13-24)28(33(40-34)35(37)38)19-22-31(42)25-14-8-4-9-15-25/h3-17,27-35,40-43H,2,18-23H2,1H3,(H,39,44)/t27-,28+,29+,30?,31?,32?,33-,34-/m0/s1. The smallest absolute Gasteiger partial charge is 0.253 e. The Bertz CT molecular complexity index is 1250. The van der Waals surface area contributed by atoms with E-state index in [4.69, 9.17) is 0 Å². The predicted molar refractivity (Wildman–Crippen MR) is 168 cm³/mol. The summed E-state index contributed by atoms with van der Waals surface area (Å²) in [5, 5.41) is 38.9. The predicted octanol–water partition coefficient (Wildman–Crippen LogP) is 6.12. The molecule has 0 aliphatic carbocycles. The fourth-order valence-corrected chi connectivity index (χ4v) is 6.88. The topological polar surface area (TPSA) is 102 Å². The van der Waals surface area contributed by atoms with Crippen LogP contribution in [0.4, 0.5) is 8.78 Å². The molecule has 1 heterocycles. The van der Waals surface area contributed by atoms with Crippen molar-refractivity contribution in [1.29, 1.82) is 0 Å². The van der Waals surface area contributed by atoms with Gasteiger partial charge in [-0.15, -0.1) is 0 Å². The first-order chi connectivity index (χ1) is 21.3. The number of rotatable bonds is 15. The second kappa shape index (κ2) is 16.8. The van der Waals surface area contributed by atoms with Gasteiger partial charge in [0, 0.05) is 6.54 Å². The van der Waals surface area contributed by atoms with Crippen LogP contribution in [0.25, 0.3) is 0 Å². The number of nitrogens with one attached hydrogen (secondary N) is 2. The lowest BCUT2D eigenvalue weighted by Gasteiger charge is -2.48. The second-order valence-electron chi connectivity index (χ2n) is 11.9. The van der Waals surface area contributed by atoms with E-state index >= 15 is 0 Å². The van der Waals surface area contributed by atoms with Gasteiger partial charge < -0.3 is 20.6 Å². The van der Waals surface area contributed by atoms with Gasteiger partial charge >= 0.3 is 0 Å². The lowest BCUT2D eigenvalue weighted by molar-refractivity contribution is -0.129. The van der Waals surface area contributed by atoms with Gasteiger partial charge in [-0.3, -0.25) is 10.1 Å². The van der Waals surface area contributed by atoms with Crippen LogP contribution in [0.1, 0.15) is 80.5 Å². The molecule has 0 saturated carbocycles. The zero-order valence-corrected chi connectivity index (χ0v) is 25.3. The number of alkyl halides is 2. The highest BCUT2D eigenvalue weighted by atomic mass is 19.3. The van der Waals surface area contributed by atoms with Crippen molar-refractivity contribution < 1.29 is 28.9 Å². The Morgan fingerprint density at radius 2 is 1.07 bits per heavy atom. The Morgan fingerprint density at radius 1 is 0.682 bits per heavy atom. The molecular weight excluding hydrogens is 562 g/mol. The lowest BCUT2D eigenvalue weighted by atomic mass is 9.65. The average Bonchev–Trinajstić information content (AvgIpc) is 3.06. The van der Waals surface area contributed by atoms with E-state index in [2.05, 4.69) is 10.6 Å². The van der Waals surface area contributed by atoms with Gasteiger partial charge in [0.2, 0.25) is 5.91 Å². The fraction of sp³-hybridized carbons (Fsp3) is 0.472. The Balaban J connectivity index is 1.64. The van der Waals surface area contributed by atoms with Gasteiger partial charge in [-0.1, -0.05) is 91.0 Å². The van der Waals surface area contributed by atoms with Crippen molar-refractivity contribution in [2.75, 3.05) is 6.54 Å². The maximum absolute atomic E-state index is 14.8. The maximum atomic E-state index is 14.8. The minimum Gasteiger partial charge on any atom is -0.388 e. The largest absolute Gasteiger partial charge is 0.388 e. The Hall–Kier alpha value is -3.17. The quantitative estimate of drug-likeness (QED) is 0.143. The number of piperidine rings is 1. The van der Waals surface area contributed by atoms with E-state index < -0.39 is 42.7 Å². The van der Waals surface area contributed by atoms with Crippen LogP contribution in [0.3, 0.4) is 0 Å². The lowest BCUT2D eigenvalue weighted by Crippen LogP contribution is -2.63. The Morgan fingerprint density at radius 3 is 1.45 bits per heavy atom. The van der Waals surface area contributed by atoms with Gasteiger partial charge in [-0.25, -0.2) is 8.78 Å². The number of halogens is 2. The first-order valence-electron chi connectivity index (χ1n) is 15.8. The number of hydrogen-bond acceptors (Lipinski definition) is 5. The fourth-order valence-electron chi connectivity index (χ4n) is 6.88. The molecule has 5 N–H and O–H groups in total. The molecule has 0 radical (unpaired) electrons. The molecule has 3 aromatic rings. The van der Waals surface area contributed by atoms with Gasteiger partial charge in [0.15, 0.2) is 0 Å². The number of carbonyl (C=O) groups excluding carboxylic acids is 1. The van der Waals surface area contributed by atoms with Crippen LogP contribution in [-0.2, 0) is 4.79 Å². The number of carbonyl (C=O) groups is 1. The SMILES string of the molecule is CCNC(=O)[C@H]1N[C@H](C(F)F)[C@H](CCC(O)c2ccccc2)[C@H](CCC(O)c2ccccc2)[C@H]1CCC(O)c1ccccc1. The molecule has 8 heteroatoms. The molecule has 238 valence electrons. The molecule has 1 aliphatic heterocycles. The van der Waals surface area contributed by atoms with Crippen LogP contribution in [0, 0.1) is 17.8 Å². The maximum Gasteiger partial charge on any atom is 0.253 e. The highest BCUT2D eigenvalue weighted by molar-refractivity contribution is 5.82. The molecule has 3 unspecified atom stereocenters. The molecule has 3 aromatic carbocycles. The molecule has 44 heavy (non-hydrogen) atoms. The summed E-state index contributed by atoms with van der Waals surface area (Å²) in [6.45, 7) is 2.15. The van der Waals surface area contributed by atoms with E-state index in [1.165, 1.54) is 0 Å². The van der Waals surface area contributed by atoms with E-state index in [1.54, 1.807) is 6.92 Å². The molecule has 1 aliphatic rings. The summed E-state index contributed by atoms with van der Waals surface area (Å²) in [7, 11) is 0. The molecule has 0 spiro atoms. The summed E-state index contributed by atoms with van der Waals surface area (Å²) >= 11 is 0. The van der Waals surface area contributed by atoms with E-state index in [0.29, 0.717) is 38.6 Å². The number of amides is 1. The molecule has 4 rings (SSSR count). The second-order valence-corrected chi connectivity index (χ2v) is 11.9. The van der Waals surface area contributed by atoms with Gasteiger partial charge in [-0.05, 0) is 79.9 Å². The van der Waals surface area contributed by atoms with Crippen LogP contribution < -0.4 is 10.6 Å². The van der Waals surface area contributed by atoms with Crippen molar-refractivity contribution in [3.8, 4) is 0 Å². The molecule has 1 amide bonds. The van der Waals surface area contributed by atoms with Crippen LogP contribution in [0.15, 0.2) is 91.0 Å². The Kier molecular flexibility index (Phi) is 12.9. The van der Waals surface area contributed by atoms with Crippen molar-refractivity contribution >= 4 is 5.91 Å². The molecule has 0 bridgehead atoms. The number of benzene rings is 3. The van der Waals surface area contributed by atoms with Crippen LogP contribution >= 0.6 is 0 Å². The molecule has 1 fully saturated rings. The summed E-state index contributed by atoms with van der Waals surface area (Å²) in [6, 6.07) is 25.6. The van der Waals surface area contributed by atoms with Gasteiger partial charge in [0.1, 0.15) is 0 Å². The molecule has 0 aromatic heterocycles. The van der Waals surface area contributed by atoms with E-state index in [1.807, 2.05) is 91.0 Å². The number of hydrogen-bond donors (Lipinski definition) is 5. The third-order valence-corrected chi connectivity index (χ3v) is 9.14. The summed E-state index contributed by atoms with van der Waals surface area (Å²) in [6.07, 6.45) is -3.00. The molecule has 6 nitrogen and oxygen atoms in total. The van der Waals surface area contributed by atoms with Crippen molar-refractivity contribution in [3.05, 3.63) is 108 Å². The third kappa shape index (κ3) is 8.94. The van der Waals surface area contributed by atoms with Crippen molar-refractivity contribution in [2.45, 2.75) is 82.3 Å². The van der Waals surface area contributed by atoms with E-state index in [9.17, 15) is 28.9 Å². The van der Waals surface area contributed by atoms with Crippen LogP contribution in [0.2, 0.25) is 0 Å². The number of aliphatic hydroxyl groups is 3. The van der Waals surface area contributed by atoms with Gasteiger partial charge in [0.25, 0.3) is 6.43 Å². The van der Waals surface area contributed by atoms with Gasteiger partial charge in [-0.2, -0.15) is 0 Å². The van der Waals surface area contributed by atoms with Crippen molar-refractivity contribution in [2.24, 2.45) is 17.8 Å². The van der Waals surface area contributed by atoms with Crippen molar-refractivity contribution in [3.63, 3.8) is 0 Å². The van der Waals surface area contributed by atoms with E-state index in [0.717, 1.165) is 16.7 Å². The summed E-state index contributed by atoms with van der Waals surface area (Å²) in [5.41, 5.74) is 2.23. The summed E-state index contributed by atoms with van der Waals surface area (Å²) in [4.78, 5) is 13.4. The minimum absolute atomic E-state index is 0.280. The van der Waals surface area contributed by atoms with Crippen LogP contribution in [-0.4, -0.2) is 46.3 Å². The highest BCUT2D eigenvalue weighted by Gasteiger charge is 2.49. The third-order valence-electron chi connectivity index (χ3n) is 9.14. The minimum atomic E-state index is -2.73. The first kappa shape index (κ1) is 33.7. The normalized spacial score (nSPS) is 24.0. The highest BCUT2D eigenvalue weighted by Crippen LogP contribution is 2.44.